The molecular weight excluding hydrogens is 270 g/mol. The van der Waals surface area contributed by atoms with E-state index in [-0.39, 0.29) is 0 Å². The van der Waals surface area contributed by atoms with Gasteiger partial charge in [0.15, 0.2) is 0 Å². The Bertz CT molecular complexity index is 577. The molecule has 1 heterocycles. The number of nitrogens with zero attached hydrogens (tertiary/aromatic N) is 2. The third kappa shape index (κ3) is 3.21. The van der Waals surface area contributed by atoms with Crippen molar-refractivity contribution in [3.8, 4) is 0 Å². The maximum Gasteiger partial charge on any atom is 0.224 e. The Morgan fingerprint density at radius 2 is 1.65 bits per heavy atom. The van der Waals surface area contributed by atoms with Gasteiger partial charge in [0.2, 0.25) is 5.28 Å². The minimum Gasteiger partial charge on any atom is -0.367 e. The van der Waals surface area contributed by atoms with Crippen LogP contribution in [0.1, 0.15) is 44.9 Å². The van der Waals surface area contributed by atoms with Crippen LogP contribution in [0.15, 0.2) is 24.3 Å². The van der Waals surface area contributed by atoms with E-state index in [2.05, 4.69) is 21.4 Å². The summed E-state index contributed by atoms with van der Waals surface area (Å²) in [5.74, 6) is 0.881. The largest absolute Gasteiger partial charge is 0.367 e. The molecule has 0 atom stereocenters. The number of hydrogen-bond acceptors (Lipinski definition) is 3. The van der Waals surface area contributed by atoms with E-state index in [0.717, 1.165) is 16.7 Å². The second-order valence-electron chi connectivity index (χ2n) is 5.54. The Morgan fingerprint density at radius 1 is 0.950 bits per heavy atom. The fourth-order valence-electron chi connectivity index (χ4n) is 2.95. The zero-order valence-corrected chi connectivity index (χ0v) is 12.4. The number of para-hydroxylation sites is 1. The maximum atomic E-state index is 6.04. The molecule has 2 aromatic rings. The van der Waals surface area contributed by atoms with Crippen molar-refractivity contribution in [2.24, 2.45) is 0 Å². The van der Waals surface area contributed by atoms with Crippen molar-refractivity contribution < 1.29 is 0 Å². The molecule has 1 aliphatic carbocycles. The highest BCUT2D eigenvalue weighted by Gasteiger charge is 2.14. The number of aromatic nitrogens is 2. The average Bonchev–Trinajstić information content (AvgIpc) is 2.41. The van der Waals surface area contributed by atoms with Gasteiger partial charge in [-0.3, -0.25) is 0 Å². The summed E-state index contributed by atoms with van der Waals surface area (Å²) in [5, 5.41) is 4.97. The molecule has 1 saturated carbocycles. The lowest BCUT2D eigenvalue weighted by molar-refractivity contribution is 0.471. The summed E-state index contributed by atoms with van der Waals surface area (Å²) in [6, 6.07) is 8.53. The number of benzene rings is 1. The summed E-state index contributed by atoms with van der Waals surface area (Å²) < 4.78 is 0. The van der Waals surface area contributed by atoms with Crippen LogP contribution in [0.5, 0.6) is 0 Å². The Hall–Kier alpha value is -1.35. The van der Waals surface area contributed by atoms with Gasteiger partial charge in [0, 0.05) is 11.4 Å². The molecule has 0 amide bonds. The number of fused-ring (bicyclic) bond motifs is 1. The van der Waals surface area contributed by atoms with Gasteiger partial charge in [-0.05, 0) is 36.6 Å². The van der Waals surface area contributed by atoms with Crippen LogP contribution in [-0.2, 0) is 0 Å². The Labute approximate surface area is 124 Å². The van der Waals surface area contributed by atoms with E-state index in [1.807, 2.05) is 18.2 Å². The molecule has 0 bridgehead atoms. The highest BCUT2D eigenvalue weighted by atomic mass is 35.5. The van der Waals surface area contributed by atoms with Gasteiger partial charge >= 0.3 is 0 Å². The second-order valence-corrected chi connectivity index (χ2v) is 5.88. The summed E-state index contributed by atoms with van der Waals surface area (Å²) in [4.78, 5) is 8.67. The number of anilines is 1. The van der Waals surface area contributed by atoms with E-state index >= 15 is 0 Å². The van der Waals surface area contributed by atoms with Crippen molar-refractivity contribution in [1.82, 2.24) is 9.97 Å². The molecule has 1 aromatic heterocycles. The summed E-state index contributed by atoms with van der Waals surface area (Å²) >= 11 is 6.04. The molecular formula is C16H20ClN3. The van der Waals surface area contributed by atoms with Gasteiger partial charge in [-0.25, -0.2) is 9.97 Å². The summed E-state index contributed by atoms with van der Waals surface area (Å²) in [5.41, 5.74) is 0.904. The zero-order valence-electron chi connectivity index (χ0n) is 11.6. The Balaban J connectivity index is 1.85. The van der Waals surface area contributed by atoms with Crippen molar-refractivity contribution in [2.45, 2.75) is 51.0 Å². The van der Waals surface area contributed by atoms with Crippen LogP contribution in [0.4, 0.5) is 5.82 Å². The predicted molar refractivity (Wildman–Crippen MR) is 84.3 cm³/mol. The summed E-state index contributed by atoms with van der Waals surface area (Å²) in [6.45, 7) is 0. The highest BCUT2D eigenvalue weighted by Crippen LogP contribution is 2.25. The van der Waals surface area contributed by atoms with Crippen molar-refractivity contribution in [3.05, 3.63) is 29.5 Å². The van der Waals surface area contributed by atoms with Crippen LogP contribution in [0, 0.1) is 0 Å². The van der Waals surface area contributed by atoms with Crippen LogP contribution >= 0.6 is 11.6 Å². The molecule has 0 saturated heterocycles. The molecule has 106 valence electrons. The number of hydrogen-bond donors (Lipinski definition) is 1. The first-order valence-electron chi connectivity index (χ1n) is 7.52. The third-order valence-corrected chi connectivity index (χ3v) is 4.19. The molecule has 0 aliphatic heterocycles. The molecule has 0 unspecified atom stereocenters. The van der Waals surface area contributed by atoms with Crippen LogP contribution in [0.2, 0.25) is 5.28 Å². The van der Waals surface area contributed by atoms with Crippen molar-refractivity contribution in [3.63, 3.8) is 0 Å². The fraction of sp³-hybridized carbons (Fsp3) is 0.500. The monoisotopic (exact) mass is 289 g/mol. The number of rotatable bonds is 2. The first kappa shape index (κ1) is 13.6. The molecule has 1 N–H and O–H groups in total. The maximum absolute atomic E-state index is 6.04. The van der Waals surface area contributed by atoms with Gasteiger partial charge in [0.05, 0.1) is 5.52 Å². The molecule has 1 fully saturated rings. The lowest BCUT2D eigenvalue weighted by Gasteiger charge is -2.22. The standard InChI is InChI=1S/C16H20ClN3/c17-16-19-14-11-7-6-10-13(14)15(20-16)18-12-8-4-2-1-3-5-9-12/h6-7,10-12H,1-5,8-9H2,(H,18,19,20). The lowest BCUT2D eigenvalue weighted by Crippen LogP contribution is -2.21. The quantitative estimate of drug-likeness (QED) is 0.806. The topological polar surface area (TPSA) is 37.8 Å². The van der Waals surface area contributed by atoms with Crippen molar-refractivity contribution >= 4 is 28.3 Å². The van der Waals surface area contributed by atoms with Gasteiger partial charge in [-0.1, -0.05) is 44.2 Å². The molecule has 0 radical (unpaired) electrons. The second kappa shape index (κ2) is 6.40. The first-order chi connectivity index (χ1) is 9.83. The van der Waals surface area contributed by atoms with E-state index in [0.29, 0.717) is 11.3 Å². The lowest BCUT2D eigenvalue weighted by atomic mass is 9.96. The molecule has 1 aliphatic rings. The van der Waals surface area contributed by atoms with Gasteiger partial charge < -0.3 is 5.32 Å². The van der Waals surface area contributed by atoms with Crippen LogP contribution < -0.4 is 5.32 Å². The Morgan fingerprint density at radius 3 is 2.45 bits per heavy atom. The summed E-state index contributed by atoms with van der Waals surface area (Å²) in [6.07, 6.45) is 9.12. The predicted octanol–water partition coefficient (Wildman–Crippen LogP) is 4.81. The van der Waals surface area contributed by atoms with Gasteiger partial charge in [0.25, 0.3) is 0 Å². The minimum atomic E-state index is 0.317. The summed E-state index contributed by atoms with van der Waals surface area (Å²) in [7, 11) is 0. The number of halogens is 1. The van der Waals surface area contributed by atoms with Gasteiger partial charge in [0.1, 0.15) is 5.82 Å². The van der Waals surface area contributed by atoms with E-state index in [9.17, 15) is 0 Å². The zero-order chi connectivity index (χ0) is 13.8. The molecule has 3 nitrogen and oxygen atoms in total. The van der Waals surface area contributed by atoms with Gasteiger partial charge in [-0.15, -0.1) is 0 Å². The fourth-order valence-corrected chi connectivity index (χ4v) is 3.13. The number of nitrogens with one attached hydrogen (secondary N) is 1. The van der Waals surface area contributed by atoms with Crippen LogP contribution in [-0.4, -0.2) is 16.0 Å². The van der Waals surface area contributed by atoms with E-state index in [1.165, 1.54) is 44.9 Å². The molecule has 4 heteroatoms. The van der Waals surface area contributed by atoms with Crippen molar-refractivity contribution in [1.29, 1.82) is 0 Å². The van der Waals surface area contributed by atoms with Crippen LogP contribution in [0.3, 0.4) is 0 Å². The highest BCUT2D eigenvalue weighted by molar-refractivity contribution is 6.28. The van der Waals surface area contributed by atoms with E-state index < -0.39 is 0 Å². The average molecular weight is 290 g/mol. The normalized spacial score (nSPS) is 17.6. The Kier molecular flexibility index (Phi) is 4.36. The smallest absolute Gasteiger partial charge is 0.224 e. The van der Waals surface area contributed by atoms with E-state index in [1.54, 1.807) is 0 Å². The SMILES string of the molecule is Clc1nc(NC2CCCCCCC2)c2ccccc2n1. The molecule has 1 aromatic carbocycles. The van der Waals surface area contributed by atoms with Crippen LogP contribution in [0.25, 0.3) is 10.9 Å². The first-order valence-corrected chi connectivity index (χ1v) is 7.89. The third-order valence-electron chi connectivity index (χ3n) is 4.02. The molecule has 3 rings (SSSR count). The van der Waals surface area contributed by atoms with Crippen molar-refractivity contribution in [2.75, 3.05) is 5.32 Å². The van der Waals surface area contributed by atoms with Gasteiger partial charge in [-0.2, -0.15) is 0 Å². The molecule has 20 heavy (non-hydrogen) atoms. The molecule has 0 spiro atoms. The van der Waals surface area contributed by atoms with E-state index in [4.69, 9.17) is 11.6 Å². The minimum absolute atomic E-state index is 0.317.